The minimum absolute atomic E-state index is 0.334. The highest BCUT2D eigenvalue weighted by atomic mass is 79.9. The van der Waals surface area contributed by atoms with Crippen LogP contribution in [0.1, 0.15) is 12.8 Å². The van der Waals surface area contributed by atoms with Gasteiger partial charge in [0, 0.05) is 25.8 Å². The highest BCUT2D eigenvalue weighted by molar-refractivity contribution is 9.10. The molecule has 1 aliphatic rings. The molecule has 5 heteroatoms. The summed E-state index contributed by atoms with van der Waals surface area (Å²) >= 11 is 3.16. The molecular formula is C12H16BrFN2O. The van der Waals surface area contributed by atoms with Gasteiger partial charge in [0.05, 0.1) is 15.8 Å². The predicted molar refractivity (Wildman–Crippen MR) is 70.5 cm³/mol. The van der Waals surface area contributed by atoms with E-state index in [1.165, 1.54) is 6.07 Å². The molecule has 1 saturated heterocycles. The van der Waals surface area contributed by atoms with E-state index in [0.717, 1.165) is 38.3 Å². The Balaban J connectivity index is 1.96. The molecular weight excluding hydrogens is 287 g/mol. The van der Waals surface area contributed by atoms with E-state index in [9.17, 15) is 4.39 Å². The van der Waals surface area contributed by atoms with Crippen LogP contribution < -0.4 is 11.1 Å². The molecule has 2 rings (SSSR count). The van der Waals surface area contributed by atoms with E-state index in [-0.39, 0.29) is 5.82 Å². The van der Waals surface area contributed by atoms with Crippen molar-refractivity contribution in [2.45, 2.75) is 12.8 Å². The fraction of sp³-hybridized carbons (Fsp3) is 0.500. The number of ether oxygens (including phenoxy) is 1. The Kier molecular flexibility index (Phi) is 4.23. The second-order valence-corrected chi connectivity index (χ2v) is 5.14. The molecule has 3 nitrogen and oxygen atoms in total. The molecule has 1 aromatic carbocycles. The fourth-order valence-electron chi connectivity index (χ4n) is 1.92. The summed E-state index contributed by atoms with van der Waals surface area (Å²) in [5.41, 5.74) is 6.98. The first-order valence-electron chi connectivity index (χ1n) is 5.73. The summed E-state index contributed by atoms with van der Waals surface area (Å²) in [6.45, 7) is 2.51. The summed E-state index contributed by atoms with van der Waals surface area (Å²) in [5.74, 6) is 0.270. The molecule has 1 aromatic rings. The Morgan fingerprint density at radius 1 is 1.41 bits per heavy atom. The Morgan fingerprint density at radius 2 is 2.12 bits per heavy atom. The topological polar surface area (TPSA) is 47.3 Å². The monoisotopic (exact) mass is 302 g/mol. The lowest BCUT2D eigenvalue weighted by Crippen LogP contribution is -2.22. The number of nitrogens with one attached hydrogen (secondary N) is 1. The highest BCUT2D eigenvalue weighted by Gasteiger charge is 2.14. The minimum Gasteiger partial charge on any atom is -0.397 e. The third-order valence-electron chi connectivity index (χ3n) is 3.01. The maximum atomic E-state index is 13.2. The van der Waals surface area contributed by atoms with Crippen LogP contribution >= 0.6 is 15.9 Å². The quantitative estimate of drug-likeness (QED) is 0.844. The summed E-state index contributed by atoms with van der Waals surface area (Å²) in [7, 11) is 0. The van der Waals surface area contributed by atoms with Crippen LogP contribution in [0.4, 0.5) is 15.8 Å². The van der Waals surface area contributed by atoms with Crippen molar-refractivity contribution in [1.82, 2.24) is 0 Å². The number of nitrogen functional groups attached to an aromatic ring is 1. The number of hydrogen-bond donors (Lipinski definition) is 2. The van der Waals surface area contributed by atoms with Crippen molar-refractivity contribution in [3.05, 3.63) is 22.4 Å². The molecule has 0 aliphatic carbocycles. The average Bonchev–Trinajstić information content (AvgIpc) is 2.33. The molecule has 1 aliphatic heterocycles. The van der Waals surface area contributed by atoms with Gasteiger partial charge in [0.1, 0.15) is 5.82 Å². The molecule has 17 heavy (non-hydrogen) atoms. The van der Waals surface area contributed by atoms with Crippen LogP contribution in [0.25, 0.3) is 0 Å². The third kappa shape index (κ3) is 3.33. The first-order chi connectivity index (χ1) is 8.16. The SMILES string of the molecule is Nc1cc(F)c(Br)cc1NCC1CCOCC1. The molecule has 0 radical (unpaired) electrons. The van der Waals surface area contributed by atoms with Crippen molar-refractivity contribution in [2.75, 3.05) is 30.8 Å². The van der Waals surface area contributed by atoms with Crippen LogP contribution in [0, 0.1) is 11.7 Å². The largest absolute Gasteiger partial charge is 0.397 e. The molecule has 0 unspecified atom stereocenters. The Hall–Kier alpha value is -0.810. The molecule has 1 fully saturated rings. The van der Waals surface area contributed by atoms with E-state index in [0.29, 0.717) is 16.1 Å². The van der Waals surface area contributed by atoms with E-state index < -0.39 is 0 Å². The molecule has 0 bridgehead atoms. The van der Waals surface area contributed by atoms with Crippen LogP contribution in [0.3, 0.4) is 0 Å². The number of hydrogen-bond acceptors (Lipinski definition) is 3. The average molecular weight is 303 g/mol. The number of halogens is 2. The second-order valence-electron chi connectivity index (χ2n) is 4.29. The normalized spacial score (nSPS) is 17.1. The Morgan fingerprint density at radius 3 is 2.82 bits per heavy atom. The van der Waals surface area contributed by atoms with Gasteiger partial charge in [-0.3, -0.25) is 0 Å². The minimum atomic E-state index is -0.334. The molecule has 0 saturated carbocycles. The maximum Gasteiger partial charge on any atom is 0.139 e. The molecule has 0 atom stereocenters. The maximum absolute atomic E-state index is 13.2. The van der Waals surface area contributed by atoms with Gasteiger partial charge in [0.15, 0.2) is 0 Å². The zero-order chi connectivity index (χ0) is 12.3. The van der Waals surface area contributed by atoms with Crippen molar-refractivity contribution in [3.63, 3.8) is 0 Å². The second kappa shape index (κ2) is 5.69. The predicted octanol–water partition coefficient (Wildman–Crippen LogP) is 3.01. The smallest absolute Gasteiger partial charge is 0.139 e. The summed E-state index contributed by atoms with van der Waals surface area (Å²) in [6.07, 6.45) is 2.13. The zero-order valence-corrected chi connectivity index (χ0v) is 11.1. The number of rotatable bonds is 3. The Labute approximate surface area is 109 Å². The first kappa shape index (κ1) is 12.6. The van der Waals surface area contributed by atoms with Gasteiger partial charge in [-0.15, -0.1) is 0 Å². The van der Waals surface area contributed by atoms with Gasteiger partial charge in [-0.2, -0.15) is 0 Å². The van der Waals surface area contributed by atoms with Crippen molar-refractivity contribution in [3.8, 4) is 0 Å². The molecule has 0 spiro atoms. The number of nitrogens with two attached hydrogens (primary N) is 1. The van der Waals surface area contributed by atoms with E-state index in [4.69, 9.17) is 10.5 Å². The zero-order valence-electron chi connectivity index (χ0n) is 9.51. The number of benzene rings is 1. The molecule has 3 N–H and O–H groups in total. The van der Waals surface area contributed by atoms with Crippen LogP contribution in [0.15, 0.2) is 16.6 Å². The van der Waals surface area contributed by atoms with Crippen LogP contribution in [0.5, 0.6) is 0 Å². The molecule has 0 amide bonds. The lowest BCUT2D eigenvalue weighted by Gasteiger charge is -2.23. The van der Waals surface area contributed by atoms with Gasteiger partial charge in [0.2, 0.25) is 0 Å². The summed E-state index contributed by atoms with van der Waals surface area (Å²) in [5, 5.41) is 3.27. The Bertz CT molecular complexity index is 394. The molecule has 94 valence electrons. The van der Waals surface area contributed by atoms with Crippen molar-refractivity contribution >= 4 is 27.3 Å². The van der Waals surface area contributed by atoms with Crippen molar-refractivity contribution in [2.24, 2.45) is 5.92 Å². The summed E-state index contributed by atoms with van der Waals surface area (Å²) in [4.78, 5) is 0. The first-order valence-corrected chi connectivity index (χ1v) is 6.52. The molecule has 1 heterocycles. The van der Waals surface area contributed by atoms with Gasteiger partial charge >= 0.3 is 0 Å². The third-order valence-corrected chi connectivity index (χ3v) is 3.62. The lowest BCUT2D eigenvalue weighted by atomic mass is 10.0. The van der Waals surface area contributed by atoms with Crippen LogP contribution in [-0.4, -0.2) is 19.8 Å². The van der Waals surface area contributed by atoms with Crippen molar-refractivity contribution in [1.29, 1.82) is 0 Å². The summed E-state index contributed by atoms with van der Waals surface area (Å²) in [6, 6.07) is 3.01. The molecule has 0 aromatic heterocycles. The highest BCUT2D eigenvalue weighted by Crippen LogP contribution is 2.27. The van der Waals surface area contributed by atoms with Crippen LogP contribution in [-0.2, 0) is 4.74 Å². The van der Waals surface area contributed by atoms with E-state index in [1.807, 2.05) is 0 Å². The van der Waals surface area contributed by atoms with Gasteiger partial charge in [-0.05, 0) is 40.8 Å². The van der Waals surface area contributed by atoms with E-state index in [2.05, 4.69) is 21.2 Å². The van der Waals surface area contributed by atoms with Crippen molar-refractivity contribution < 1.29 is 9.13 Å². The van der Waals surface area contributed by atoms with E-state index >= 15 is 0 Å². The van der Waals surface area contributed by atoms with Gasteiger partial charge in [0.25, 0.3) is 0 Å². The van der Waals surface area contributed by atoms with Gasteiger partial charge in [-0.25, -0.2) is 4.39 Å². The lowest BCUT2D eigenvalue weighted by molar-refractivity contribution is 0.0699. The van der Waals surface area contributed by atoms with E-state index in [1.54, 1.807) is 6.07 Å². The fourth-order valence-corrected chi connectivity index (χ4v) is 2.26. The van der Waals surface area contributed by atoms with Gasteiger partial charge < -0.3 is 15.8 Å². The van der Waals surface area contributed by atoms with Crippen LogP contribution in [0.2, 0.25) is 0 Å². The summed E-state index contributed by atoms with van der Waals surface area (Å²) < 4.78 is 18.9. The number of anilines is 2. The van der Waals surface area contributed by atoms with Gasteiger partial charge in [-0.1, -0.05) is 0 Å². The standard InChI is InChI=1S/C12H16BrFN2O/c13-9-5-12(11(15)6-10(9)14)16-7-8-1-3-17-4-2-8/h5-6,8,16H,1-4,7,15H2.